The van der Waals surface area contributed by atoms with Gasteiger partial charge in [-0.2, -0.15) is 5.26 Å². The SMILES string of the molecule is Cc1ccc(C)c(NC(=O)C2CCN(c3c(C#N)cnc4ccc(Cl)cc34)CC2)c1. The van der Waals surface area contributed by atoms with Gasteiger partial charge in [-0.05, 0) is 62.1 Å². The first-order valence-electron chi connectivity index (χ1n) is 10.1. The molecule has 1 aromatic heterocycles. The molecule has 6 heteroatoms. The molecule has 0 atom stereocenters. The van der Waals surface area contributed by atoms with E-state index >= 15 is 0 Å². The molecule has 1 fully saturated rings. The minimum atomic E-state index is -0.0524. The van der Waals surface area contributed by atoms with Crippen LogP contribution in [0.2, 0.25) is 5.02 Å². The first-order valence-corrected chi connectivity index (χ1v) is 10.5. The largest absolute Gasteiger partial charge is 0.370 e. The monoisotopic (exact) mass is 418 g/mol. The predicted molar refractivity (Wildman–Crippen MR) is 121 cm³/mol. The molecule has 1 N–H and O–H groups in total. The Morgan fingerprint density at radius 2 is 1.97 bits per heavy atom. The average molecular weight is 419 g/mol. The van der Waals surface area contributed by atoms with Crippen molar-refractivity contribution in [2.45, 2.75) is 26.7 Å². The fraction of sp³-hybridized carbons (Fsp3) is 0.292. The Bertz CT molecular complexity index is 1160. The summed E-state index contributed by atoms with van der Waals surface area (Å²) in [5.41, 5.74) is 5.26. The lowest BCUT2D eigenvalue weighted by Gasteiger charge is -2.34. The van der Waals surface area contributed by atoms with E-state index in [0.717, 1.165) is 46.2 Å². The zero-order valence-corrected chi connectivity index (χ0v) is 17.8. The Hall–Kier alpha value is -3.10. The number of aromatic nitrogens is 1. The molecule has 0 bridgehead atoms. The number of fused-ring (bicyclic) bond motifs is 1. The van der Waals surface area contributed by atoms with Gasteiger partial charge in [0, 0.05) is 41.3 Å². The van der Waals surface area contributed by atoms with Gasteiger partial charge < -0.3 is 10.2 Å². The molecule has 0 unspecified atom stereocenters. The summed E-state index contributed by atoms with van der Waals surface area (Å²) < 4.78 is 0. The Kier molecular flexibility index (Phi) is 5.61. The third kappa shape index (κ3) is 3.96. The van der Waals surface area contributed by atoms with Crippen molar-refractivity contribution in [3.8, 4) is 6.07 Å². The van der Waals surface area contributed by atoms with Crippen LogP contribution in [0.3, 0.4) is 0 Å². The molecule has 0 saturated carbocycles. The van der Waals surface area contributed by atoms with E-state index in [1.807, 2.05) is 44.2 Å². The number of rotatable bonds is 3. The number of nitrogens with one attached hydrogen (secondary N) is 1. The van der Waals surface area contributed by atoms with Gasteiger partial charge in [-0.25, -0.2) is 0 Å². The second kappa shape index (κ2) is 8.33. The van der Waals surface area contributed by atoms with Crippen molar-refractivity contribution in [3.05, 3.63) is 64.3 Å². The van der Waals surface area contributed by atoms with Crippen LogP contribution in [0.25, 0.3) is 10.9 Å². The molecule has 5 nitrogen and oxygen atoms in total. The summed E-state index contributed by atoms with van der Waals surface area (Å²) in [4.78, 5) is 19.4. The standard InChI is InChI=1S/C24H23ClN4O/c1-15-3-4-16(2)22(11-15)28-24(30)17-7-9-29(10-8-17)23-18(13-26)14-27-21-6-5-19(25)12-20(21)23/h3-6,11-12,14,17H,7-10H2,1-2H3,(H,28,30). The van der Waals surface area contributed by atoms with Crippen molar-refractivity contribution >= 4 is 39.8 Å². The Balaban J connectivity index is 1.52. The number of nitrogens with zero attached hydrogens (tertiary/aromatic N) is 3. The van der Waals surface area contributed by atoms with Crippen molar-refractivity contribution in [1.82, 2.24) is 4.98 Å². The molecule has 2 heterocycles. The molecule has 152 valence electrons. The smallest absolute Gasteiger partial charge is 0.227 e. The van der Waals surface area contributed by atoms with E-state index in [-0.39, 0.29) is 11.8 Å². The van der Waals surface area contributed by atoms with Crippen molar-refractivity contribution in [1.29, 1.82) is 5.26 Å². The minimum absolute atomic E-state index is 0.0524. The Labute approximate surface area is 181 Å². The lowest BCUT2D eigenvalue weighted by Crippen LogP contribution is -2.38. The Morgan fingerprint density at radius 1 is 1.20 bits per heavy atom. The second-order valence-electron chi connectivity index (χ2n) is 7.86. The van der Waals surface area contributed by atoms with E-state index < -0.39 is 0 Å². The van der Waals surface area contributed by atoms with Crippen molar-refractivity contribution in [2.24, 2.45) is 5.92 Å². The average Bonchev–Trinajstić information content (AvgIpc) is 2.75. The van der Waals surface area contributed by atoms with Crippen molar-refractivity contribution in [3.63, 3.8) is 0 Å². The van der Waals surface area contributed by atoms with Crippen LogP contribution in [0.4, 0.5) is 11.4 Å². The van der Waals surface area contributed by atoms with E-state index in [1.54, 1.807) is 12.3 Å². The summed E-state index contributed by atoms with van der Waals surface area (Å²) in [5, 5.41) is 14.2. The minimum Gasteiger partial charge on any atom is -0.370 e. The molecule has 1 amide bonds. The number of aryl methyl sites for hydroxylation is 2. The molecule has 1 aliphatic rings. The summed E-state index contributed by atoms with van der Waals surface area (Å²) in [7, 11) is 0. The fourth-order valence-corrected chi connectivity index (χ4v) is 4.22. The number of halogens is 1. The molecule has 3 aromatic rings. The number of carbonyl (C=O) groups excluding carboxylic acids is 1. The molecule has 30 heavy (non-hydrogen) atoms. The van der Waals surface area contributed by atoms with Gasteiger partial charge in [-0.3, -0.25) is 9.78 Å². The van der Waals surface area contributed by atoms with Gasteiger partial charge in [-0.1, -0.05) is 23.7 Å². The Morgan fingerprint density at radius 3 is 2.70 bits per heavy atom. The summed E-state index contributed by atoms with van der Waals surface area (Å²) in [6, 6.07) is 13.9. The number of benzene rings is 2. The number of amides is 1. The molecule has 4 rings (SSSR count). The number of nitriles is 1. The zero-order chi connectivity index (χ0) is 21.3. The zero-order valence-electron chi connectivity index (χ0n) is 17.1. The summed E-state index contributed by atoms with van der Waals surface area (Å²) in [6.07, 6.45) is 3.07. The van der Waals surface area contributed by atoms with Gasteiger partial charge in [-0.15, -0.1) is 0 Å². The van der Waals surface area contributed by atoms with E-state index in [1.165, 1.54) is 0 Å². The summed E-state index contributed by atoms with van der Waals surface area (Å²) in [6.45, 7) is 5.42. The van der Waals surface area contributed by atoms with E-state index in [4.69, 9.17) is 11.6 Å². The van der Waals surface area contributed by atoms with Crippen LogP contribution in [0.5, 0.6) is 0 Å². The van der Waals surface area contributed by atoms with Gasteiger partial charge in [0.15, 0.2) is 0 Å². The van der Waals surface area contributed by atoms with Crippen LogP contribution in [-0.2, 0) is 4.79 Å². The number of hydrogen-bond acceptors (Lipinski definition) is 4. The van der Waals surface area contributed by atoms with E-state index in [0.29, 0.717) is 23.7 Å². The third-order valence-corrected chi connectivity index (χ3v) is 5.99. The van der Waals surface area contributed by atoms with Gasteiger partial charge in [0.2, 0.25) is 5.91 Å². The number of carbonyl (C=O) groups is 1. The highest BCUT2D eigenvalue weighted by molar-refractivity contribution is 6.31. The fourth-order valence-electron chi connectivity index (χ4n) is 4.04. The molecule has 2 aromatic carbocycles. The summed E-state index contributed by atoms with van der Waals surface area (Å²) in [5.74, 6) is 0.00914. The molecular formula is C24H23ClN4O. The lowest BCUT2D eigenvalue weighted by molar-refractivity contribution is -0.120. The number of pyridine rings is 1. The predicted octanol–water partition coefficient (Wildman–Crippen LogP) is 5.23. The molecule has 1 saturated heterocycles. The third-order valence-electron chi connectivity index (χ3n) is 5.75. The first-order chi connectivity index (χ1) is 14.5. The van der Waals surface area contributed by atoms with Crippen LogP contribution >= 0.6 is 11.6 Å². The van der Waals surface area contributed by atoms with Gasteiger partial charge in [0.05, 0.1) is 16.8 Å². The second-order valence-corrected chi connectivity index (χ2v) is 8.30. The normalized spacial score (nSPS) is 14.5. The van der Waals surface area contributed by atoms with E-state index in [2.05, 4.69) is 21.3 Å². The van der Waals surface area contributed by atoms with Crippen LogP contribution in [0.1, 0.15) is 29.5 Å². The topological polar surface area (TPSA) is 69.0 Å². The van der Waals surface area contributed by atoms with E-state index in [9.17, 15) is 10.1 Å². The first kappa shape index (κ1) is 20.2. The molecule has 0 aliphatic carbocycles. The lowest BCUT2D eigenvalue weighted by atomic mass is 9.94. The molecule has 1 aliphatic heterocycles. The quantitative estimate of drug-likeness (QED) is 0.632. The van der Waals surface area contributed by atoms with Crippen molar-refractivity contribution < 1.29 is 4.79 Å². The van der Waals surface area contributed by atoms with Crippen LogP contribution in [0.15, 0.2) is 42.6 Å². The highest BCUT2D eigenvalue weighted by Crippen LogP contribution is 2.34. The summed E-state index contributed by atoms with van der Waals surface area (Å²) >= 11 is 6.21. The van der Waals surface area contributed by atoms with Crippen LogP contribution < -0.4 is 10.2 Å². The van der Waals surface area contributed by atoms with Gasteiger partial charge in [0.1, 0.15) is 6.07 Å². The molecule has 0 spiro atoms. The maximum atomic E-state index is 12.8. The number of piperidine rings is 1. The van der Waals surface area contributed by atoms with Crippen molar-refractivity contribution in [2.75, 3.05) is 23.3 Å². The highest BCUT2D eigenvalue weighted by Gasteiger charge is 2.27. The van der Waals surface area contributed by atoms with Crippen LogP contribution in [0, 0.1) is 31.1 Å². The van der Waals surface area contributed by atoms with Crippen LogP contribution in [-0.4, -0.2) is 24.0 Å². The molecular weight excluding hydrogens is 396 g/mol. The molecule has 0 radical (unpaired) electrons. The number of hydrogen-bond donors (Lipinski definition) is 1. The van der Waals surface area contributed by atoms with Gasteiger partial charge >= 0.3 is 0 Å². The van der Waals surface area contributed by atoms with Gasteiger partial charge in [0.25, 0.3) is 0 Å². The highest BCUT2D eigenvalue weighted by atomic mass is 35.5. The maximum Gasteiger partial charge on any atom is 0.227 e. The number of anilines is 2. The maximum absolute atomic E-state index is 12.8.